The van der Waals surface area contributed by atoms with E-state index >= 15 is 0 Å². The number of hydrogen-bond donors (Lipinski definition) is 1. The van der Waals surface area contributed by atoms with Crippen LogP contribution >= 0.6 is 0 Å². The van der Waals surface area contributed by atoms with E-state index in [2.05, 4.69) is 15.4 Å². The normalized spacial score (nSPS) is 22.4. The summed E-state index contributed by atoms with van der Waals surface area (Å²) in [6, 6.07) is 1.42. The molecule has 0 radical (unpaired) electrons. The van der Waals surface area contributed by atoms with Crippen molar-refractivity contribution in [2.45, 2.75) is 32.0 Å². The predicted molar refractivity (Wildman–Crippen MR) is 83.6 cm³/mol. The molecule has 4 rings (SSSR count). The van der Waals surface area contributed by atoms with E-state index in [9.17, 15) is 26.7 Å². The minimum absolute atomic E-state index is 0.00993. The standard InChI is InChI=1S/C17H13F5N4O/c1-7-2-11-13(12(27)3-7)14(8-4-9(18)6-10(19)5-8)26-16(23-11)24-15(25-26)17(20,21)22/h4-7,14H,2-3H2,1H3,(H,23,24,25)/t7-,14+/m0/s1. The van der Waals surface area contributed by atoms with Gasteiger partial charge in [-0.15, -0.1) is 5.10 Å². The van der Waals surface area contributed by atoms with E-state index in [1.807, 2.05) is 6.92 Å². The van der Waals surface area contributed by atoms with Crippen molar-refractivity contribution in [3.8, 4) is 0 Å². The second-order valence-corrected chi connectivity index (χ2v) is 6.76. The molecule has 1 aromatic heterocycles. The van der Waals surface area contributed by atoms with E-state index < -0.39 is 29.7 Å². The molecule has 5 nitrogen and oxygen atoms in total. The molecule has 0 bridgehead atoms. The maximum Gasteiger partial charge on any atom is 0.453 e. The molecule has 142 valence electrons. The number of nitrogens with zero attached hydrogens (tertiary/aromatic N) is 3. The summed E-state index contributed by atoms with van der Waals surface area (Å²) in [4.78, 5) is 16.1. The molecule has 27 heavy (non-hydrogen) atoms. The molecule has 1 N–H and O–H groups in total. The van der Waals surface area contributed by atoms with E-state index in [0.717, 1.165) is 16.8 Å². The molecule has 0 amide bonds. The Labute approximate surface area is 149 Å². The van der Waals surface area contributed by atoms with Gasteiger partial charge >= 0.3 is 6.18 Å². The number of rotatable bonds is 1. The van der Waals surface area contributed by atoms with Gasteiger partial charge in [-0.3, -0.25) is 4.79 Å². The Hall–Kier alpha value is -2.78. The molecule has 0 saturated heterocycles. The highest BCUT2D eigenvalue weighted by Gasteiger charge is 2.43. The summed E-state index contributed by atoms with van der Waals surface area (Å²) >= 11 is 0. The fourth-order valence-electron chi connectivity index (χ4n) is 3.57. The Morgan fingerprint density at radius 2 is 1.81 bits per heavy atom. The molecule has 1 aliphatic heterocycles. The number of nitrogens with one attached hydrogen (secondary N) is 1. The van der Waals surface area contributed by atoms with E-state index in [1.54, 1.807) is 0 Å². The molecule has 0 unspecified atom stereocenters. The molecule has 0 fully saturated rings. The summed E-state index contributed by atoms with van der Waals surface area (Å²) in [7, 11) is 0. The molecular weight excluding hydrogens is 371 g/mol. The van der Waals surface area contributed by atoms with Gasteiger partial charge in [0.1, 0.15) is 17.7 Å². The van der Waals surface area contributed by atoms with Gasteiger partial charge in [-0.05, 0) is 30.0 Å². The zero-order valence-corrected chi connectivity index (χ0v) is 13.9. The third-order valence-electron chi connectivity index (χ3n) is 4.58. The SMILES string of the molecule is C[C@@H]1CC(=O)C2=C(C1)Nc1nc(C(F)(F)F)nn1[C@@H]2c1cc(F)cc(F)c1. The number of ketones is 1. The van der Waals surface area contributed by atoms with Crippen LogP contribution in [-0.2, 0) is 11.0 Å². The van der Waals surface area contributed by atoms with Crippen LogP contribution in [0, 0.1) is 17.6 Å². The summed E-state index contributed by atoms with van der Waals surface area (Å²) in [6.07, 6.45) is -4.21. The Kier molecular flexibility index (Phi) is 3.83. The topological polar surface area (TPSA) is 59.8 Å². The lowest BCUT2D eigenvalue weighted by Crippen LogP contribution is -2.33. The number of fused-ring (bicyclic) bond motifs is 1. The van der Waals surface area contributed by atoms with Crippen molar-refractivity contribution in [1.29, 1.82) is 0 Å². The summed E-state index contributed by atoms with van der Waals surface area (Å²) < 4.78 is 67.6. The van der Waals surface area contributed by atoms with Gasteiger partial charge in [-0.25, -0.2) is 13.5 Å². The molecule has 1 aromatic carbocycles. The van der Waals surface area contributed by atoms with E-state index in [4.69, 9.17) is 0 Å². The highest BCUT2D eigenvalue weighted by atomic mass is 19.4. The van der Waals surface area contributed by atoms with Crippen molar-refractivity contribution in [1.82, 2.24) is 14.8 Å². The van der Waals surface area contributed by atoms with Crippen LogP contribution in [0.4, 0.5) is 27.9 Å². The number of carbonyl (C=O) groups excluding carboxylic acids is 1. The first-order valence-corrected chi connectivity index (χ1v) is 8.16. The van der Waals surface area contributed by atoms with E-state index in [0.29, 0.717) is 18.2 Å². The molecule has 10 heteroatoms. The van der Waals surface area contributed by atoms with E-state index in [-0.39, 0.29) is 35.2 Å². The van der Waals surface area contributed by atoms with Gasteiger partial charge in [0.25, 0.3) is 5.82 Å². The summed E-state index contributed by atoms with van der Waals surface area (Å²) in [5.74, 6) is -3.75. The average Bonchev–Trinajstić information content (AvgIpc) is 2.95. The number of anilines is 1. The molecule has 2 heterocycles. The van der Waals surface area contributed by atoms with Gasteiger partial charge in [0.2, 0.25) is 5.95 Å². The predicted octanol–water partition coefficient (Wildman–Crippen LogP) is 3.84. The first kappa shape index (κ1) is 17.6. The van der Waals surface area contributed by atoms with Gasteiger partial charge in [0.15, 0.2) is 5.78 Å². The smallest absolute Gasteiger partial charge is 0.328 e. The quantitative estimate of drug-likeness (QED) is 0.759. The molecule has 0 saturated carbocycles. The summed E-state index contributed by atoms with van der Waals surface area (Å²) in [5.41, 5.74) is 0.551. The van der Waals surface area contributed by atoms with Crippen LogP contribution in [-0.4, -0.2) is 20.5 Å². The van der Waals surface area contributed by atoms with Gasteiger partial charge in [-0.1, -0.05) is 6.92 Å². The summed E-state index contributed by atoms with van der Waals surface area (Å²) in [5, 5.41) is 6.21. The van der Waals surface area contributed by atoms with Gasteiger partial charge in [0.05, 0.1) is 0 Å². The van der Waals surface area contributed by atoms with Crippen molar-refractivity contribution in [2.75, 3.05) is 5.32 Å². The Bertz CT molecular complexity index is 958. The number of alkyl halides is 3. The molecule has 2 aromatic rings. The Morgan fingerprint density at radius 1 is 1.15 bits per heavy atom. The third-order valence-corrected chi connectivity index (χ3v) is 4.58. The first-order chi connectivity index (χ1) is 12.6. The lowest BCUT2D eigenvalue weighted by Gasteiger charge is -2.34. The zero-order valence-electron chi connectivity index (χ0n) is 13.9. The molecular formula is C17H13F5N4O. The fraction of sp³-hybridized carbons (Fsp3) is 0.353. The van der Waals surface area contributed by atoms with Crippen LogP contribution in [0.25, 0.3) is 0 Å². The van der Waals surface area contributed by atoms with Crippen LogP contribution < -0.4 is 5.32 Å². The van der Waals surface area contributed by atoms with E-state index in [1.165, 1.54) is 0 Å². The largest absolute Gasteiger partial charge is 0.453 e. The van der Waals surface area contributed by atoms with Crippen LogP contribution in [0.15, 0.2) is 29.5 Å². The maximum absolute atomic E-state index is 13.8. The minimum Gasteiger partial charge on any atom is -0.328 e. The lowest BCUT2D eigenvalue weighted by molar-refractivity contribution is -0.145. The van der Waals surface area contributed by atoms with Crippen LogP contribution in [0.1, 0.15) is 37.2 Å². The molecule has 2 aliphatic rings. The highest BCUT2D eigenvalue weighted by molar-refractivity contribution is 5.99. The average molecular weight is 384 g/mol. The number of allylic oxidation sites excluding steroid dienone is 2. The number of carbonyl (C=O) groups is 1. The number of benzene rings is 1. The van der Waals surface area contributed by atoms with Gasteiger partial charge < -0.3 is 5.32 Å². The number of halogens is 5. The highest BCUT2D eigenvalue weighted by Crippen LogP contribution is 2.42. The van der Waals surface area contributed by atoms with Crippen molar-refractivity contribution >= 4 is 11.7 Å². The van der Waals surface area contributed by atoms with Gasteiger partial charge in [-0.2, -0.15) is 18.2 Å². The number of hydrogen-bond acceptors (Lipinski definition) is 4. The van der Waals surface area contributed by atoms with Crippen LogP contribution in [0.3, 0.4) is 0 Å². The minimum atomic E-state index is -4.80. The molecule has 2 atom stereocenters. The lowest BCUT2D eigenvalue weighted by atomic mass is 9.81. The van der Waals surface area contributed by atoms with Crippen molar-refractivity contribution in [3.63, 3.8) is 0 Å². The summed E-state index contributed by atoms with van der Waals surface area (Å²) in [6.45, 7) is 1.83. The second-order valence-electron chi connectivity index (χ2n) is 6.76. The molecule has 1 aliphatic carbocycles. The van der Waals surface area contributed by atoms with Crippen molar-refractivity contribution < 1.29 is 26.7 Å². The monoisotopic (exact) mass is 384 g/mol. The third kappa shape index (κ3) is 2.98. The fourth-order valence-corrected chi connectivity index (χ4v) is 3.57. The number of aromatic nitrogens is 3. The Balaban J connectivity index is 1.94. The maximum atomic E-state index is 13.8. The molecule has 0 spiro atoms. The Morgan fingerprint density at radius 3 is 2.44 bits per heavy atom. The second kappa shape index (κ2) is 5.86. The van der Waals surface area contributed by atoms with Crippen molar-refractivity contribution in [3.05, 3.63) is 52.5 Å². The van der Waals surface area contributed by atoms with Crippen molar-refractivity contribution in [2.24, 2.45) is 5.92 Å². The first-order valence-electron chi connectivity index (χ1n) is 8.16. The van der Waals surface area contributed by atoms with Crippen LogP contribution in [0.2, 0.25) is 0 Å². The number of Topliss-reactive ketones (excluding diaryl/α,β-unsaturated/α-hetero) is 1. The van der Waals surface area contributed by atoms with Crippen LogP contribution in [0.5, 0.6) is 0 Å². The zero-order chi connectivity index (χ0) is 19.5. The van der Waals surface area contributed by atoms with Gasteiger partial charge in [0, 0.05) is 23.8 Å².